The number of hydrogen-bond acceptors (Lipinski definition) is 4. The number of sulfonamides is 1. The van der Waals surface area contributed by atoms with Crippen molar-refractivity contribution < 1.29 is 22.7 Å². The van der Waals surface area contributed by atoms with E-state index in [1.165, 1.54) is 23.6 Å². The third kappa shape index (κ3) is 3.21. The molecule has 0 aliphatic carbocycles. The molecule has 5 nitrogen and oxygen atoms in total. The van der Waals surface area contributed by atoms with E-state index in [0.717, 1.165) is 17.4 Å². The van der Waals surface area contributed by atoms with Gasteiger partial charge in [0.05, 0.1) is 4.90 Å². The van der Waals surface area contributed by atoms with Crippen molar-refractivity contribution in [1.82, 2.24) is 4.72 Å². The van der Waals surface area contributed by atoms with Gasteiger partial charge in [0, 0.05) is 17.5 Å². The Morgan fingerprint density at radius 2 is 2.05 bits per heavy atom. The Balaban J connectivity index is 2.15. The second kappa shape index (κ2) is 5.70. The molecule has 0 saturated heterocycles. The lowest BCUT2D eigenvalue weighted by molar-refractivity contribution is 0.0702. The Kier molecular flexibility index (Phi) is 4.17. The predicted molar refractivity (Wildman–Crippen MR) is 71.7 cm³/mol. The van der Waals surface area contributed by atoms with Crippen LogP contribution in [0.1, 0.15) is 15.2 Å². The van der Waals surface area contributed by atoms with E-state index < -0.39 is 21.8 Å². The third-order valence-corrected chi connectivity index (χ3v) is 4.96. The maximum atomic E-state index is 13.4. The first kappa shape index (κ1) is 14.6. The van der Waals surface area contributed by atoms with Crippen molar-refractivity contribution in [2.24, 2.45) is 0 Å². The van der Waals surface area contributed by atoms with Crippen LogP contribution in [0.15, 0.2) is 40.6 Å². The summed E-state index contributed by atoms with van der Waals surface area (Å²) in [6.45, 7) is -0.201. The topological polar surface area (TPSA) is 83.5 Å². The Hall–Kier alpha value is -1.77. The van der Waals surface area contributed by atoms with Crippen LogP contribution < -0.4 is 4.72 Å². The van der Waals surface area contributed by atoms with Gasteiger partial charge in [-0.05, 0) is 12.1 Å². The maximum absolute atomic E-state index is 13.4. The van der Waals surface area contributed by atoms with E-state index in [-0.39, 0.29) is 21.9 Å². The van der Waals surface area contributed by atoms with E-state index in [1.807, 2.05) is 0 Å². The molecule has 0 spiro atoms. The lowest BCUT2D eigenvalue weighted by Crippen LogP contribution is -2.23. The van der Waals surface area contributed by atoms with Gasteiger partial charge in [-0.2, -0.15) is 0 Å². The Bertz CT molecular complexity index is 739. The molecule has 0 bridgehead atoms. The minimum atomic E-state index is -3.86. The van der Waals surface area contributed by atoms with Crippen molar-refractivity contribution in [3.8, 4) is 0 Å². The number of rotatable bonds is 5. The Labute approximate surface area is 118 Å². The number of carboxylic acids is 1. The largest absolute Gasteiger partial charge is 0.477 e. The fourth-order valence-corrected chi connectivity index (χ4v) is 3.59. The molecule has 0 aliphatic heterocycles. The summed E-state index contributed by atoms with van der Waals surface area (Å²) in [4.78, 5) is 10.5. The molecular weight excluding hydrogens is 305 g/mol. The molecular formula is C12H10FNO4S2. The smallest absolute Gasteiger partial charge is 0.345 e. The van der Waals surface area contributed by atoms with Gasteiger partial charge in [0.1, 0.15) is 10.7 Å². The van der Waals surface area contributed by atoms with Gasteiger partial charge in [0.25, 0.3) is 0 Å². The summed E-state index contributed by atoms with van der Waals surface area (Å²) in [7, 11) is -3.86. The van der Waals surface area contributed by atoms with Crippen molar-refractivity contribution >= 4 is 27.3 Å². The number of carboxylic acid groups (broad SMARTS) is 1. The van der Waals surface area contributed by atoms with Crippen molar-refractivity contribution in [1.29, 1.82) is 0 Å². The number of benzene rings is 1. The SMILES string of the molecule is O=C(O)c1cc(S(=O)(=O)NCc2ccccc2F)cs1. The molecule has 0 unspecified atom stereocenters. The van der Waals surface area contributed by atoms with Gasteiger partial charge < -0.3 is 5.11 Å². The van der Waals surface area contributed by atoms with E-state index in [9.17, 15) is 17.6 Å². The number of aromatic carboxylic acids is 1. The standard InChI is InChI=1S/C12H10FNO4S2/c13-10-4-2-1-3-8(10)6-14-20(17,18)9-5-11(12(15)16)19-7-9/h1-5,7,14H,6H2,(H,15,16). The number of nitrogens with one attached hydrogen (secondary N) is 1. The summed E-state index contributed by atoms with van der Waals surface area (Å²) in [5, 5.41) is 9.98. The lowest BCUT2D eigenvalue weighted by Gasteiger charge is -2.05. The number of carbonyl (C=O) groups is 1. The summed E-state index contributed by atoms with van der Waals surface area (Å²) in [5.41, 5.74) is 0.213. The quantitative estimate of drug-likeness (QED) is 0.884. The van der Waals surface area contributed by atoms with Crippen LogP contribution in [-0.2, 0) is 16.6 Å². The molecule has 0 aliphatic rings. The molecule has 0 fully saturated rings. The van der Waals surface area contributed by atoms with Crippen molar-refractivity contribution in [2.75, 3.05) is 0 Å². The highest BCUT2D eigenvalue weighted by Gasteiger charge is 2.18. The second-order valence-electron chi connectivity index (χ2n) is 3.87. The average molecular weight is 315 g/mol. The van der Waals surface area contributed by atoms with Crippen molar-refractivity contribution in [3.05, 3.63) is 52.0 Å². The van der Waals surface area contributed by atoms with Crippen LogP contribution >= 0.6 is 11.3 Å². The first-order valence-electron chi connectivity index (χ1n) is 5.45. The monoisotopic (exact) mass is 315 g/mol. The predicted octanol–water partition coefficient (Wildman–Crippen LogP) is 2.06. The highest BCUT2D eigenvalue weighted by molar-refractivity contribution is 7.89. The molecule has 2 aromatic rings. The number of halogens is 1. The number of hydrogen-bond donors (Lipinski definition) is 2. The van der Waals surface area contributed by atoms with E-state index in [2.05, 4.69) is 4.72 Å². The van der Waals surface area contributed by atoms with Gasteiger partial charge in [-0.3, -0.25) is 0 Å². The molecule has 20 heavy (non-hydrogen) atoms. The van der Waals surface area contributed by atoms with E-state index >= 15 is 0 Å². The molecule has 1 heterocycles. The first-order chi connectivity index (χ1) is 9.40. The first-order valence-corrected chi connectivity index (χ1v) is 7.81. The van der Waals surface area contributed by atoms with Crippen LogP contribution in [-0.4, -0.2) is 19.5 Å². The van der Waals surface area contributed by atoms with E-state index in [0.29, 0.717) is 0 Å². The maximum Gasteiger partial charge on any atom is 0.345 e. The van der Waals surface area contributed by atoms with Gasteiger partial charge in [-0.15, -0.1) is 11.3 Å². The van der Waals surface area contributed by atoms with Gasteiger partial charge in [0.2, 0.25) is 10.0 Å². The average Bonchev–Trinajstić information content (AvgIpc) is 2.88. The lowest BCUT2D eigenvalue weighted by atomic mass is 10.2. The molecule has 1 aromatic carbocycles. The van der Waals surface area contributed by atoms with Crippen molar-refractivity contribution in [3.63, 3.8) is 0 Å². The third-order valence-electron chi connectivity index (χ3n) is 2.51. The summed E-state index contributed by atoms with van der Waals surface area (Å²) in [5.74, 6) is -1.70. The van der Waals surface area contributed by atoms with Crippen LogP contribution in [0.5, 0.6) is 0 Å². The van der Waals surface area contributed by atoms with Crippen molar-refractivity contribution in [2.45, 2.75) is 11.4 Å². The molecule has 1 aromatic heterocycles. The molecule has 106 valence electrons. The van der Waals surface area contributed by atoms with Crippen LogP contribution in [0.3, 0.4) is 0 Å². The Morgan fingerprint density at radius 1 is 1.35 bits per heavy atom. The summed E-state index contributed by atoms with van der Waals surface area (Å²) in [6, 6.07) is 6.87. The van der Waals surface area contributed by atoms with E-state index in [1.54, 1.807) is 6.07 Å². The normalized spacial score (nSPS) is 11.4. The molecule has 2 N–H and O–H groups in total. The zero-order valence-corrected chi connectivity index (χ0v) is 11.7. The van der Waals surface area contributed by atoms with Crippen LogP contribution in [0, 0.1) is 5.82 Å². The molecule has 0 amide bonds. The fourth-order valence-electron chi connectivity index (χ4n) is 1.47. The van der Waals surface area contributed by atoms with Crippen LogP contribution in [0.25, 0.3) is 0 Å². The second-order valence-corrected chi connectivity index (χ2v) is 6.55. The van der Waals surface area contributed by atoms with Gasteiger partial charge >= 0.3 is 5.97 Å². The summed E-state index contributed by atoms with van der Waals surface area (Å²) in [6.07, 6.45) is 0. The number of thiophene rings is 1. The minimum Gasteiger partial charge on any atom is -0.477 e. The zero-order valence-electron chi connectivity index (χ0n) is 10.0. The summed E-state index contributed by atoms with van der Waals surface area (Å²) >= 11 is 0.817. The molecule has 0 radical (unpaired) electrons. The van der Waals surface area contributed by atoms with Gasteiger partial charge in [-0.25, -0.2) is 22.3 Å². The zero-order chi connectivity index (χ0) is 14.8. The highest BCUT2D eigenvalue weighted by Crippen LogP contribution is 2.19. The van der Waals surface area contributed by atoms with Crippen LogP contribution in [0.4, 0.5) is 4.39 Å². The molecule has 0 saturated carbocycles. The minimum absolute atomic E-state index is 0.0729. The van der Waals surface area contributed by atoms with E-state index in [4.69, 9.17) is 5.11 Å². The highest BCUT2D eigenvalue weighted by atomic mass is 32.2. The molecule has 0 atom stereocenters. The Morgan fingerprint density at radius 3 is 2.65 bits per heavy atom. The van der Waals surface area contributed by atoms with Gasteiger partial charge in [0.15, 0.2) is 0 Å². The van der Waals surface area contributed by atoms with Crippen LogP contribution in [0.2, 0.25) is 0 Å². The fraction of sp³-hybridized carbons (Fsp3) is 0.0833. The molecule has 2 rings (SSSR count). The molecule has 8 heteroatoms. The van der Waals surface area contributed by atoms with Gasteiger partial charge in [-0.1, -0.05) is 18.2 Å². The summed E-state index contributed by atoms with van der Waals surface area (Å²) < 4.78 is 39.5.